The number of imidazole rings is 1. The highest BCUT2D eigenvalue weighted by Crippen LogP contribution is 2.31. The zero-order valence-corrected chi connectivity index (χ0v) is 14.4. The largest absolute Gasteiger partial charge is 0.338 e. The molecule has 24 heavy (non-hydrogen) atoms. The molecule has 2 fully saturated rings. The van der Waals surface area contributed by atoms with Crippen molar-refractivity contribution in [2.75, 3.05) is 13.1 Å². The number of hydrogen-bond donors (Lipinski definition) is 0. The number of hydrogen-bond acceptors (Lipinski definition) is 3. The van der Waals surface area contributed by atoms with Crippen molar-refractivity contribution in [2.24, 2.45) is 0 Å². The summed E-state index contributed by atoms with van der Waals surface area (Å²) in [5, 5.41) is 0. The lowest BCUT2D eigenvalue weighted by Crippen LogP contribution is -2.47. The number of aromatic nitrogens is 2. The maximum absolute atomic E-state index is 12.3. The molecule has 2 aliphatic rings. The summed E-state index contributed by atoms with van der Waals surface area (Å²) in [5.41, 5.74) is 2.13. The van der Waals surface area contributed by atoms with Gasteiger partial charge in [0.15, 0.2) is 0 Å². The third-order valence-corrected chi connectivity index (χ3v) is 5.56. The first kappa shape index (κ1) is 15.6. The van der Waals surface area contributed by atoms with E-state index in [4.69, 9.17) is 4.98 Å². The predicted molar refractivity (Wildman–Crippen MR) is 93.7 cm³/mol. The lowest BCUT2D eigenvalue weighted by Gasteiger charge is -2.34. The fourth-order valence-corrected chi connectivity index (χ4v) is 4.46. The molecule has 4 rings (SSSR count). The fraction of sp³-hybridized carbons (Fsp3) is 0.579. The van der Waals surface area contributed by atoms with E-state index >= 15 is 0 Å². The van der Waals surface area contributed by atoms with Crippen LogP contribution in [0.1, 0.15) is 44.7 Å². The Bertz CT molecular complexity index is 692. The molecule has 0 N–H and O–H groups in total. The van der Waals surface area contributed by atoms with E-state index < -0.39 is 0 Å². The van der Waals surface area contributed by atoms with Crippen molar-refractivity contribution in [1.29, 1.82) is 0 Å². The van der Waals surface area contributed by atoms with Crippen molar-refractivity contribution in [1.82, 2.24) is 19.2 Å². The molecule has 2 aromatic heterocycles. The minimum atomic E-state index is 0.317. The molecule has 2 aliphatic heterocycles. The number of rotatable bonds is 4. The highest BCUT2D eigenvalue weighted by atomic mass is 16.2. The van der Waals surface area contributed by atoms with Gasteiger partial charge in [-0.3, -0.25) is 9.69 Å². The fourth-order valence-electron chi connectivity index (χ4n) is 4.46. The van der Waals surface area contributed by atoms with Gasteiger partial charge in [-0.05, 0) is 44.4 Å². The van der Waals surface area contributed by atoms with E-state index in [1.807, 2.05) is 31.3 Å². The first-order valence-electron chi connectivity index (χ1n) is 9.22. The summed E-state index contributed by atoms with van der Waals surface area (Å²) in [7, 11) is 0. The highest BCUT2D eigenvalue weighted by Gasteiger charge is 2.39. The SMILES string of the molecule is CCC(=O)N1CCC[C@H]1[C@H]1CCCN1Cc1cn2ccccc2n1. The minimum absolute atomic E-state index is 0.317. The number of pyridine rings is 1. The molecule has 0 bridgehead atoms. The Morgan fingerprint density at radius 2 is 2.04 bits per heavy atom. The van der Waals surface area contributed by atoms with Crippen LogP contribution in [-0.4, -0.2) is 50.3 Å². The summed E-state index contributed by atoms with van der Waals surface area (Å²) in [5.74, 6) is 0.317. The van der Waals surface area contributed by atoms with Crippen LogP contribution >= 0.6 is 0 Å². The Morgan fingerprint density at radius 1 is 1.21 bits per heavy atom. The van der Waals surface area contributed by atoms with Crippen molar-refractivity contribution in [3.63, 3.8) is 0 Å². The third-order valence-electron chi connectivity index (χ3n) is 5.56. The Labute approximate surface area is 143 Å². The zero-order chi connectivity index (χ0) is 16.5. The highest BCUT2D eigenvalue weighted by molar-refractivity contribution is 5.76. The maximum Gasteiger partial charge on any atom is 0.222 e. The van der Waals surface area contributed by atoms with Gasteiger partial charge in [-0.25, -0.2) is 4.98 Å². The molecule has 0 aliphatic carbocycles. The van der Waals surface area contributed by atoms with Crippen LogP contribution in [0.5, 0.6) is 0 Å². The van der Waals surface area contributed by atoms with Crippen LogP contribution in [-0.2, 0) is 11.3 Å². The van der Waals surface area contributed by atoms with E-state index in [1.165, 1.54) is 12.8 Å². The average Bonchev–Trinajstić information content (AvgIpc) is 3.32. The standard InChI is InChI=1S/C19H26N4O/c1-2-19(24)23-12-6-8-17(23)16-7-5-11-21(16)13-15-14-22-10-4-3-9-18(22)20-15/h3-4,9-10,14,16-17H,2,5-8,11-13H2,1H3/t16-,17+/m1/s1. The van der Waals surface area contributed by atoms with Crippen LogP contribution in [0.15, 0.2) is 30.6 Å². The third kappa shape index (κ3) is 2.81. The molecule has 2 saturated heterocycles. The van der Waals surface area contributed by atoms with E-state index in [1.54, 1.807) is 0 Å². The predicted octanol–water partition coefficient (Wildman–Crippen LogP) is 2.70. The van der Waals surface area contributed by atoms with Crippen molar-refractivity contribution >= 4 is 11.6 Å². The quantitative estimate of drug-likeness (QED) is 0.867. The summed E-state index contributed by atoms with van der Waals surface area (Å²) >= 11 is 0. The molecule has 4 heterocycles. The van der Waals surface area contributed by atoms with Crippen molar-refractivity contribution in [3.05, 3.63) is 36.3 Å². The molecule has 5 heteroatoms. The Kier molecular flexibility index (Phi) is 4.27. The van der Waals surface area contributed by atoms with Crippen LogP contribution in [0.3, 0.4) is 0 Å². The van der Waals surface area contributed by atoms with Gasteiger partial charge in [-0.1, -0.05) is 13.0 Å². The van der Waals surface area contributed by atoms with Gasteiger partial charge in [0.25, 0.3) is 0 Å². The van der Waals surface area contributed by atoms with Gasteiger partial charge in [-0.2, -0.15) is 0 Å². The molecular formula is C19H26N4O. The van der Waals surface area contributed by atoms with E-state index in [0.29, 0.717) is 24.4 Å². The van der Waals surface area contributed by atoms with Gasteiger partial charge in [0.2, 0.25) is 5.91 Å². The van der Waals surface area contributed by atoms with Crippen molar-refractivity contribution < 1.29 is 4.79 Å². The molecule has 2 atom stereocenters. The van der Waals surface area contributed by atoms with E-state index in [-0.39, 0.29) is 0 Å². The van der Waals surface area contributed by atoms with Gasteiger partial charge < -0.3 is 9.30 Å². The molecule has 1 amide bonds. The average molecular weight is 326 g/mol. The monoisotopic (exact) mass is 326 g/mol. The summed E-state index contributed by atoms with van der Waals surface area (Å²) in [6, 6.07) is 7.00. The van der Waals surface area contributed by atoms with Gasteiger partial charge in [0.05, 0.1) is 5.69 Å². The Hall–Kier alpha value is -1.88. The topological polar surface area (TPSA) is 40.9 Å². The Morgan fingerprint density at radius 3 is 2.88 bits per heavy atom. The zero-order valence-electron chi connectivity index (χ0n) is 14.4. The van der Waals surface area contributed by atoms with Crippen LogP contribution in [0.2, 0.25) is 0 Å². The van der Waals surface area contributed by atoms with Crippen molar-refractivity contribution in [2.45, 2.75) is 57.7 Å². The number of amides is 1. The molecular weight excluding hydrogens is 300 g/mol. The van der Waals surface area contributed by atoms with E-state index in [9.17, 15) is 4.79 Å². The molecule has 0 spiro atoms. The van der Waals surface area contributed by atoms with E-state index in [2.05, 4.69) is 20.4 Å². The second-order valence-corrected chi connectivity index (χ2v) is 7.03. The van der Waals surface area contributed by atoms with Crippen LogP contribution < -0.4 is 0 Å². The van der Waals surface area contributed by atoms with Crippen molar-refractivity contribution in [3.8, 4) is 0 Å². The summed E-state index contributed by atoms with van der Waals surface area (Å²) in [6.07, 6.45) is 9.53. The lowest BCUT2D eigenvalue weighted by molar-refractivity contribution is -0.132. The van der Waals surface area contributed by atoms with Crippen LogP contribution in [0.25, 0.3) is 5.65 Å². The molecule has 0 saturated carbocycles. The minimum Gasteiger partial charge on any atom is -0.338 e. The molecule has 0 unspecified atom stereocenters. The first-order valence-corrected chi connectivity index (χ1v) is 9.22. The normalized spacial score (nSPS) is 25.0. The molecule has 128 valence electrons. The number of carbonyl (C=O) groups excluding carboxylic acids is 1. The van der Waals surface area contributed by atoms with Gasteiger partial charge >= 0.3 is 0 Å². The van der Waals surface area contributed by atoms with E-state index in [0.717, 1.165) is 43.8 Å². The summed E-state index contributed by atoms with van der Waals surface area (Å²) in [4.78, 5) is 21.7. The number of likely N-dealkylation sites (tertiary alicyclic amines) is 2. The van der Waals surface area contributed by atoms with Gasteiger partial charge in [0, 0.05) is 44.0 Å². The molecule has 5 nitrogen and oxygen atoms in total. The van der Waals surface area contributed by atoms with Gasteiger partial charge in [-0.15, -0.1) is 0 Å². The molecule has 0 aromatic carbocycles. The first-order chi connectivity index (χ1) is 11.8. The second-order valence-electron chi connectivity index (χ2n) is 7.03. The van der Waals surface area contributed by atoms with Crippen LogP contribution in [0.4, 0.5) is 0 Å². The number of fused-ring (bicyclic) bond motifs is 1. The Balaban J connectivity index is 1.51. The van der Waals surface area contributed by atoms with Crippen LogP contribution in [0, 0.1) is 0 Å². The number of nitrogens with zero attached hydrogens (tertiary/aromatic N) is 4. The lowest BCUT2D eigenvalue weighted by atomic mass is 10.0. The molecule has 2 aromatic rings. The molecule has 0 radical (unpaired) electrons. The number of carbonyl (C=O) groups is 1. The smallest absolute Gasteiger partial charge is 0.222 e. The maximum atomic E-state index is 12.3. The summed E-state index contributed by atoms with van der Waals surface area (Å²) in [6.45, 7) is 4.91. The van der Waals surface area contributed by atoms with Gasteiger partial charge in [0.1, 0.15) is 5.65 Å². The second kappa shape index (κ2) is 6.55. The summed E-state index contributed by atoms with van der Waals surface area (Å²) < 4.78 is 2.09.